The summed E-state index contributed by atoms with van der Waals surface area (Å²) in [6, 6.07) is 18.8. The molecule has 0 aliphatic carbocycles. The van der Waals surface area contributed by atoms with E-state index in [1.807, 2.05) is 24.3 Å². The van der Waals surface area contributed by atoms with Crippen LogP contribution in [0.2, 0.25) is 0 Å². The van der Waals surface area contributed by atoms with Gasteiger partial charge in [-0.25, -0.2) is 8.42 Å². The third-order valence-electron chi connectivity index (χ3n) is 4.42. The predicted molar refractivity (Wildman–Crippen MR) is 110 cm³/mol. The average Bonchev–Trinajstić information content (AvgIpc) is 3.19. The molecule has 0 aliphatic rings. The Kier molecular flexibility index (Phi) is 5.20. The molecule has 9 heteroatoms. The number of carbonyl (C=O) groups is 1. The van der Waals surface area contributed by atoms with Crippen LogP contribution >= 0.6 is 0 Å². The number of benzene rings is 3. The number of anilines is 1. The minimum atomic E-state index is -3.64. The number of nitrogens with one attached hydrogen (secondary N) is 1. The molecule has 0 radical (unpaired) electrons. The van der Waals surface area contributed by atoms with Crippen LogP contribution in [0.4, 0.5) is 6.01 Å². The summed E-state index contributed by atoms with van der Waals surface area (Å²) in [4.78, 5) is 12.9. The zero-order valence-electron chi connectivity index (χ0n) is 15.9. The number of nitrogens with zero attached hydrogens (tertiary/aromatic N) is 2. The maximum atomic E-state index is 12.7. The molecule has 0 unspecified atom stereocenters. The second kappa shape index (κ2) is 7.96. The van der Waals surface area contributed by atoms with Crippen molar-refractivity contribution in [3.63, 3.8) is 0 Å². The van der Waals surface area contributed by atoms with Gasteiger partial charge in [0.15, 0.2) is 9.84 Å². The fourth-order valence-corrected chi connectivity index (χ4v) is 4.15. The van der Waals surface area contributed by atoms with Gasteiger partial charge in [-0.2, -0.15) is 0 Å². The van der Waals surface area contributed by atoms with Gasteiger partial charge in [-0.15, -0.1) is 5.10 Å². The maximum absolute atomic E-state index is 12.7. The van der Waals surface area contributed by atoms with E-state index in [4.69, 9.17) is 9.15 Å². The number of hydrogen-bond acceptors (Lipinski definition) is 7. The van der Waals surface area contributed by atoms with Crippen LogP contribution in [0, 0.1) is 0 Å². The van der Waals surface area contributed by atoms with Crippen LogP contribution in [0.25, 0.3) is 10.8 Å². The number of ether oxygens (including phenoxy) is 1. The summed E-state index contributed by atoms with van der Waals surface area (Å²) in [5, 5.41) is 11.7. The third kappa shape index (κ3) is 4.01. The highest BCUT2D eigenvalue weighted by atomic mass is 32.2. The van der Waals surface area contributed by atoms with Gasteiger partial charge in [0.1, 0.15) is 11.5 Å². The van der Waals surface area contributed by atoms with Crippen molar-refractivity contribution in [3.8, 4) is 5.75 Å². The molecule has 8 nitrogen and oxygen atoms in total. The molecule has 0 bridgehead atoms. The van der Waals surface area contributed by atoms with Gasteiger partial charge in [0.25, 0.3) is 5.91 Å². The number of hydrogen-bond donors (Lipinski definition) is 1. The molecule has 0 saturated heterocycles. The van der Waals surface area contributed by atoms with Crippen molar-refractivity contribution >= 4 is 32.5 Å². The summed E-state index contributed by atoms with van der Waals surface area (Å²) >= 11 is 0. The SMILES string of the molecule is COc1cc2ccccc2cc1C(=O)Nc1nnc(CS(=O)(=O)c2ccccc2)o1. The van der Waals surface area contributed by atoms with E-state index in [1.165, 1.54) is 19.2 Å². The fraction of sp³-hybridized carbons (Fsp3) is 0.0952. The van der Waals surface area contributed by atoms with Crippen LogP contribution in [0.15, 0.2) is 76.0 Å². The van der Waals surface area contributed by atoms with Gasteiger partial charge in [-0.3, -0.25) is 10.1 Å². The maximum Gasteiger partial charge on any atom is 0.322 e. The van der Waals surface area contributed by atoms with Crippen molar-refractivity contribution in [1.82, 2.24) is 10.2 Å². The normalized spacial score (nSPS) is 11.4. The van der Waals surface area contributed by atoms with Crippen molar-refractivity contribution in [2.75, 3.05) is 12.4 Å². The third-order valence-corrected chi connectivity index (χ3v) is 6.03. The summed E-state index contributed by atoms with van der Waals surface area (Å²) in [6.07, 6.45) is 0. The molecule has 0 fully saturated rings. The van der Waals surface area contributed by atoms with Crippen LogP contribution in [0.1, 0.15) is 16.2 Å². The average molecular weight is 423 g/mol. The number of methoxy groups -OCH3 is 1. The molecule has 0 saturated carbocycles. The van der Waals surface area contributed by atoms with Crippen molar-refractivity contribution < 1.29 is 22.4 Å². The number of sulfone groups is 1. The van der Waals surface area contributed by atoms with E-state index in [-0.39, 0.29) is 22.4 Å². The smallest absolute Gasteiger partial charge is 0.322 e. The van der Waals surface area contributed by atoms with Gasteiger partial charge in [0.2, 0.25) is 5.89 Å². The number of amides is 1. The van der Waals surface area contributed by atoms with E-state index in [0.717, 1.165) is 10.8 Å². The topological polar surface area (TPSA) is 111 Å². The predicted octanol–water partition coefficient (Wildman–Crippen LogP) is 3.46. The molecular weight excluding hydrogens is 406 g/mol. The summed E-state index contributed by atoms with van der Waals surface area (Å²) in [5.74, 6) is -0.727. The number of aromatic nitrogens is 2. The number of rotatable bonds is 6. The lowest BCUT2D eigenvalue weighted by molar-refractivity contribution is 0.102. The second-order valence-electron chi connectivity index (χ2n) is 6.43. The second-order valence-corrected chi connectivity index (χ2v) is 8.42. The first-order valence-electron chi connectivity index (χ1n) is 8.94. The van der Waals surface area contributed by atoms with Crippen LogP contribution in [0.3, 0.4) is 0 Å². The Morgan fingerprint density at radius 3 is 2.37 bits per heavy atom. The molecular formula is C21H17N3O5S. The molecule has 152 valence electrons. The summed E-state index contributed by atoms with van der Waals surface area (Å²) in [5.41, 5.74) is 0.285. The summed E-state index contributed by atoms with van der Waals surface area (Å²) < 4.78 is 35.5. The first kappa shape index (κ1) is 19.6. The van der Waals surface area contributed by atoms with Crippen molar-refractivity contribution in [2.24, 2.45) is 0 Å². The molecule has 4 aromatic rings. The van der Waals surface area contributed by atoms with E-state index in [1.54, 1.807) is 30.3 Å². The zero-order chi connectivity index (χ0) is 21.1. The van der Waals surface area contributed by atoms with Crippen molar-refractivity contribution in [3.05, 3.63) is 78.2 Å². The molecule has 1 aromatic heterocycles. The molecule has 0 aliphatic heterocycles. The Labute approximate surface area is 172 Å². The lowest BCUT2D eigenvalue weighted by atomic mass is 10.1. The first-order chi connectivity index (χ1) is 14.5. The zero-order valence-corrected chi connectivity index (χ0v) is 16.7. The Hall–Kier alpha value is -3.72. The monoisotopic (exact) mass is 423 g/mol. The number of fused-ring (bicyclic) bond motifs is 1. The minimum Gasteiger partial charge on any atom is -0.496 e. The van der Waals surface area contributed by atoms with Gasteiger partial charge >= 0.3 is 6.01 Å². The van der Waals surface area contributed by atoms with Gasteiger partial charge in [0, 0.05) is 0 Å². The largest absolute Gasteiger partial charge is 0.496 e. The van der Waals surface area contributed by atoms with Crippen LogP contribution < -0.4 is 10.1 Å². The number of carbonyl (C=O) groups excluding carboxylic acids is 1. The lowest BCUT2D eigenvalue weighted by Crippen LogP contribution is -2.13. The standard InChI is InChI=1S/C21H17N3O5S/c1-28-18-12-15-8-6-5-7-14(15)11-17(18)20(25)22-21-24-23-19(29-21)13-30(26,27)16-9-3-2-4-10-16/h2-12H,13H2,1H3,(H,22,24,25). The fourth-order valence-electron chi connectivity index (χ4n) is 2.97. The Balaban J connectivity index is 1.54. The minimum absolute atomic E-state index is 0.125. The van der Waals surface area contributed by atoms with E-state index in [0.29, 0.717) is 5.75 Å². The molecule has 1 amide bonds. The lowest BCUT2D eigenvalue weighted by Gasteiger charge is -2.09. The highest BCUT2D eigenvalue weighted by molar-refractivity contribution is 7.90. The van der Waals surface area contributed by atoms with Crippen molar-refractivity contribution in [2.45, 2.75) is 10.6 Å². The Morgan fingerprint density at radius 2 is 1.67 bits per heavy atom. The van der Waals surface area contributed by atoms with Crippen LogP contribution in [0.5, 0.6) is 5.75 Å². The van der Waals surface area contributed by atoms with Gasteiger partial charge < -0.3 is 9.15 Å². The van der Waals surface area contributed by atoms with Crippen LogP contribution in [-0.2, 0) is 15.6 Å². The first-order valence-corrected chi connectivity index (χ1v) is 10.6. The molecule has 30 heavy (non-hydrogen) atoms. The van der Waals surface area contributed by atoms with Gasteiger partial charge in [0.05, 0.1) is 17.6 Å². The van der Waals surface area contributed by atoms with Gasteiger partial charge in [-0.05, 0) is 35.0 Å². The molecule has 1 N–H and O–H groups in total. The molecule has 0 atom stereocenters. The molecule has 3 aromatic carbocycles. The highest BCUT2D eigenvalue weighted by Crippen LogP contribution is 2.27. The highest BCUT2D eigenvalue weighted by Gasteiger charge is 2.21. The van der Waals surface area contributed by atoms with E-state index >= 15 is 0 Å². The quantitative estimate of drug-likeness (QED) is 0.505. The summed E-state index contributed by atoms with van der Waals surface area (Å²) in [6.45, 7) is 0. The Bertz CT molecular complexity index is 1320. The van der Waals surface area contributed by atoms with E-state index < -0.39 is 21.5 Å². The molecule has 1 heterocycles. The van der Waals surface area contributed by atoms with Gasteiger partial charge in [-0.1, -0.05) is 47.6 Å². The van der Waals surface area contributed by atoms with Crippen molar-refractivity contribution in [1.29, 1.82) is 0 Å². The molecule has 4 rings (SSSR count). The summed E-state index contributed by atoms with van der Waals surface area (Å²) in [7, 11) is -2.17. The van der Waals surface area contributed by atoms with Crippen LogP contribution in [-0.4, -0.2) is 31.6 Å². The molecule has 0 spiro atoms. The van der Waals surface area contributed by atoms with E-state index in [9.17, 15) is 13.2 Å². The van der Waals surface area contributed by atoms with E-state index in [2.05, 4.69) is 15.5 Å². The Morgan fingerprint density at radius 1 is 1.00 bits per heavy atom.